The second kappa shape index (κ2) is 5.29. The summed E-state index contributed by atoms with van der Waals surface area (Å²) in [5.74, 6) is -2.28. The van der Waals surface area contributed by atoms with Crippen LogP contribution in [0.2, 0.25) is 0 Å². The first-order valence-electron chi connectivity index (χ1n) is 7.19. The highest BCUT2D eigenvalue weighted by atomic mass is 16.2. The van der Waals surface area contributed by atoms with Crippen LogP contribution < -0.4 is 15.5 Å². The number of hydrogen-bond acceptors (Lipinski definition) is 4. The number of aryl methyl sites for hydroxylation is 1. The van der Waals surface area contributed by atoms with Crippen molar-refractivity contribution in [3.8, 4) is 0 Å². The summed E-state index contributed by atoms with van der Waals surface area (Å²) in [5, 5.41) is 5.31. The Kier molecular flexibility index (Phi) is 3.44. The molecular weight excluding hydrogens is 282 g/mol. The summed E-state index contributed by atoms with van der Waals surface area (Å²) in [6.07, 6.45) is 2.00. The van der Waals surface area contributed by atoms with E-state index in [0.29, 0.717) is 11.4 Å². The third-order valence-corrected chi connectivity index (χ3v) is 3.83. The standard InChI is InChI=1S/C16H17N3O3/c1-9-5-3-4-6-12(9)19-15(21)13(14(20)18-16(19)22)10(2)17-11-7-8-11/h3-6,11,13,17H,2,7-8H2,1H3,(H,18,20,22)/t13-/m1/s1. The average molecular weight is 299 g/mol. The Hall–Kier alpha value is -2.63. The molecule has 0 spiro atoms. The molecule has 6 nitrogen and oxygen atoms in total. The molecule has 1 heterocycles. The van der Waals surface area contributed by atoms with Gasteiger partial charge in [0.2, 0.25) is 5.91 Å². The van der Waals surface area contributed by atoms with Crippen molar-refractivity contribution in [3.63, 3.8) is 0 Å². The van der Waals surface area contributed by atoms with Gasteiger partial charge >= 0.3 is 6.03 Å². The van der Waals surface area contributed by atoms with E-state index in [9.17, 15) is 14.4 Å². The number of barbiturate groups is 1. The largest absolute Gasteiger partial charge is 0.385 e. The molecule has 2 aliphatic rings. The van der Waals surface area contributed by atoms with E-state index in [1.165, 1.54) is 0 Å². The maximum absolute atomic E-state index is 12.7. The van der Waals surface area contributed by atoms with E-state index in [-0.39, 0.29) is 6.04 Å². The highest BCUT2D eigenvalue weighted by molar-refractivity contribution is 6.28. The van der Waals surface area contributed by atoms with Crippen LogP contribution in [-0.4, -0.2) is 23.9 Å². The molecule has 2 fully saturated rings. The van der Waals surface area contributed by atoms with Gasteiger partial charge < -0.3 is 5.32 Å². The zero-order valence-electron chi connectivity index (χ0n) is 12.3. The van der Waals surface area contributed by atoms with Crippen LogP contribution in [0.3, 0.4) is 0 Å². The molecule has 2 N–H and O–H groups in total. The molecule has 1 saturated carbocycles. The highest BCUT2D eigenvalue weighted by Crippen LogP contribution is 2.28. The molecule has 0 unspecified atom stereocenters. The first-order valence-corrected chi connectivity index (χ1v) is 7.19. The van der Waals surface area contributed by atoms with Crippen molar-refractivity contribution in [1.29, 1.82) is 0 Å². The molecule has 6 heteroatoms. The van der Waals surface area contributed by atoms with Crippen LogP contribution in [0.25, 0.3) is 0 Å². The maximum Gasteiger partial charge on any atom is 0.335 e. The second-order valence-corrected chi connectivity index (χ2v) is 5.63. The zero-order valence-corrected chi connectivity index (χ0v) is 12.3. The van der Waals surface area contributed by atoms with Crippen molar-refractivity contribution in [2.75, 3.05) is 4.90 Å². The van der Waals surface area contributed by atoms with E-state index in [1.54, 1.807) is 25.1 Å². The first-order chi connectivity index (χ1) is 10.5. The molecule has 0 radical (unpaired) electrons. The molecule has 1 saturated heterocycles. The number of carbonyl (C=O) groups is 3. The number of rotatable bonds is 4. The molecule has 114 valence electrons. The number of benzene rings is 1. The van der Waals surface area contributed by atoms with Gasteiger partial charge in [-0.25, -0.2) is 9.69 Å². The summed E-state index contributed by atoms with van der Waals surface area (Å²) in [5.41, 5.74) is 1.60. The van der Waals surface area contributed by atoms with Crippen LogP contribution in [-0.2, 0) is 9.59 Å². The molecule has 0 bridgehead atoms. The number of carbonyl (C=O) groups excluding carboxylic acids is 3. The molecule has 3 rings (SSSR count). The number of amides is 4. The van der Waals surface area contributed by atoms with Gasteiger partial charge in [-0.1, -0.05) is 24.8 Å². The Bertz CT molecular complexity index is 679. The third-order valence-electron chi connectivity index (χ3n) is 3.83. The van der Waals surface area contributed by atoms with Gasteiger partial charge in [0.25, 0.3) is 5.91 Å². The molecule has 1 aromatic carbocycles. The van der Waals surface area contributed by atoms with Crippen LogP contribution in [0.5, 0.6) is 0 Å². The molecule has 22 heavy (non-hydrogen) atoms. The number of anilines is 1. The van der Waals surface area contributed by atoms with Crippen molar-refractivity contribution in [1.82, 2.24) is 10.6 Å². The average Bonchev–Trinajstić information content (AvgIpc) is 3.24. The molecule has 1 atom stereocenters. The van der Waals surface area contributed by atoms with E-state index in [4.69, 9.17) is 0 Å². The van der Waals surface area contributed by atoms with Crippen molar-refractivity contribution < 1.29 is 14.4 Å². The summed E-state index contributed by atoms with van der Waals surface area (Å²) in [6.45, 7) is 5.61. The summed E-state index contributed by atoms with van der Waals surface area (Å²) < 4.78 is 0. The Morgan fingerprint density at radius 3 is 2.59 bits per heavy atom. The van der Waals surface area contributed by atoms with Crippen LogP contribution >= 0.6 is 0 Å². The van der Waals surface area contributed by atoms with E-state index >= 15 is 0 Å². The molecule has 1 aliphatic heterocycles. The fraction of sp³-hybridized carbons (Fsp3) is 0.312. The Balaban J connectivity index is 1.91. The van der Waals surface area contributed by atoms with Gasteiger partial charge in [-0.2, -0.15) is 0 Å². The Morgan fingerprint density at radius 1 is 1.27 bits per heavy atom. The van der Waals surface area contributed by atoms with Gasteiger partial charge in [0.1, 0.15) is 0 Å². The van der Waals surface area contributed by atoms with E-state index in [1.807, 2.05) is 6.07 Å². The molecule has 0 aromatic heterocycles. The highest BCUT2D eigenvalue weighted by Gasteiger charge is 2.44. The van der Waals surface area contributed by atoms with Crippen LogP contribution in [0.15, 0.2) is 36.5 Å². The summed E-state index contributed by atoms with van der Waals surface area (Å²) in [4.78, 5) is 37.8. The molecule has 4 amide bonds. The van der Waals surface area contributed by atoms with Gasteiger partial charge in [0.15, 0.2) is 5.92 Å². The topological polar surface area (TPSA) is 78.5 Å². The van der Waals surface area contributed by atoms with Crippen molar-refractivity contribution in [2.24, 2.45) is 5.92 Å². The minimum absolute atomic E-state index is 0.276. The van der Waals surface area contributed by atoms with Gasteiger partial charge in [-0.3, -0.25) is 14.9 Å². The number of imide groups is 2. The number of urea groups is 1. The number of nitrogens with one attached hydrogen (secondary N) is 2. The predicted octanol–water partition coefficient (Wildman–Crippen LogP) is 1.46. The number of para-hydroxylation sites is 1. The van der Waals surface area contributed by atoms with E-state index in [0.717, 1.165) is 23.3 Å². The van der Waals surface area contributed by atoms with Gasteiger partial charge in [-0.05, 0) is 31.4 Å². The first kappa shape index (κ1) is 14.3. The van der Waals surface area contributed by atoms with Gasteiger partial charge in [-0.15, -0.1) is 0 Å². The van der Waals surface area contributed by atoms with E-state index < -0.39 is 23.8 Å². The minimum Gasteiger partial charge on any atom is -0.385 e. The summed E-state index contributed by atoms with van der Waals surface area (Å²) in [6, 6.07) is 6.60. The summed E-state index contributed by atoms with van der Waals surface area (Å²) in [7, 11) is 0. The van der Waals surface area contributed by atoms with E-state index in [2.05, 4.69) is 17.2 Å². The number of hydrogen-bond donors (Lipinski definition) is 2. The lowest BCUT2D eigenvalue weighted by atomic mass is 10.00. The predicted molar refractivity (Wildman–Crippen MR) is 81.0 cm³/mol. The van der Waals surface area contributed by atoms with Gasteiger partial charge in [0.05, 0.1) is 5.69 Å². The SMILES string of the molecule is C=C(NC1CC1)[C@@H]1C(=O)NC(=O)N(c2ccccc2C)C1=O. The lowest BCUT2D eigenvalue weighted by Crippen LogP contribution is -2.59. The Morgan fingerprint density at radius 2 is 1.95 bits per heavy atom. The van der Waals surface area contributed by atoms with Crippen molar-refractivity contribution in [3.05, 3.63) is 42.1 Å². The lowest BCUT2D eigenvalue weighted by Gasteiger charge is -2.32. The third kappa shape index (κ3) is 2.47. The Labute approximate surface area is 128 Å². The van der Waals surface area contributed by atoms with Crippen LogP contribution in [0.1, 0.15) is 18.4 Å². The van der Waals surface area contributed by atoms with Crippen LogP contribution in [0, 0.1) is 12.8 Å². The fourth-order valence-electron chi connectivity index (χ4n) is 2.50. The second-order valence-electron chi connectivity index (χ2n) is 5.63. The van der Waals surface area contributed by atoms with Crippen LogP contribution in [0.4, 0.5) is 10.5 Å². The fourth-order valence-corrected chi connectivity index (χ4v) is 2.50. The monoisotopic (exact) mass is 299 g/mol. The normalized spacial score (nSPS) is 21.6. The quantitative estimate of drug-likeness (QED) is 0.825. The molecule has 1 aromatic rings. The van der Waals surface area contributed by atoms with Crippen molar-refractivity contribution in [2.45, 2.75) is 25.8 Å². The molecule has 1 aliphatic carbocycles. The van der Waals surface area contributed by atoms with Crippen molar-refractivity contribution >= 4 is 23.5 Å². The molecular formula is C16H17N3O3. The maximum atomic E-state index is 12.7. The van der Waals surface area contributed by atoms with Gasteiger partial charge in [0, 0.05) is 11.7 Å². The zero-order chi connectivity index (χ0) is 15.9. The lowest BCUT2D eigenvalue weighted by molar-refractivity contribution is -0.132. The minimum atomic E-state index is -1.09. The smallest absolute Gasteiger partial charge is 0.335 e. The number of nitrogens with zero attached hydrogens (tertiary/aromatic N) is 1. The summed E-state index contributed by atoms with van der Waals surface area (Å²) >= 11 is 0.